The van der Waals surface area contributed by atoms with Crippen molar-refractivity contribution in [1.82, 2.24) is 25.5 Å². The number of hydrogen-bond donors (Lipinski definition) is 2. The van der Waals surface area contributed by atoms with Crippen LogP contribution in [0.25, 0.3) is 5.57 Å². The third kappa shape index (κ3) is 4.66. The molecule has 0 radical (unpaired) electrons. The van der Waals surface area contributed by atoms with Gasteiger partial charge in [-0.05, 0) is 54.5 Å². The molecule has 2 aliphatic rings. The van der Waals surface area contributed by atoms with E-state index in [2.05, 4.69) is 38.6 Å². The summed E-state index contributed by atoms with van der Waals surface area (Å²) in [7, 11) is 0. The number of aromatic nitrogens is 3. The molecule has 2 aromatic heterocycles. The number of nitrogens with zero attached hydrogens (tertiary/aromatic N) is 4. The van der Waals surface area contributed by atoms with Crippen LogP contribution < -0.4 is 10.6 Å². The normalized spacial score (nSPS) is 18.9. The van der Waals surface area contributed by atoms with E-state index >= 15 is 0 Å². The van der Waals surface area contributed by atoms with Gasteiger partial charge in [0.2, 0.25) is 11.8 Å². The molecule has 0 saturated heterocycles. The molecule has 186 valence electrons. The van der Waals surface area contributed by atoms with Gasteiger partial charge in [-0.25, -0.2) is 4.79 Å². The number of nitrogens with one attached hydrogen (secondary N) is 2. The molecule has 1 aromatic carbocycles. The lowest BCUT2D eigenvalue weighted by Crippen LogP contribution is -2.40. The Labute approximate surface area is 208 Å². The molecule has 5 rings (SSSR count). The largest absolute Gasteiger partial charge is 0.363 e. The molecule has 10 heteroatoms. The standard InChI is InChI=1S/C26H28N6O4/c1-4-16(5-2)18-7-6-17(13-27-24(33)20-12-21(20)25-28-15(3)30-36-25)22-14-32(10-8-19(18)22)26(34)29-23-9-11-35-31-23/h4-7,9,11,20-21H,1,8,10,12-14H2,2-3H3,(H,27,33)(H,29,31,34)/b16-5+/t20-,21-/m1/s1. The molecule has 2 N–H and O–H groups in total. The molecule has 0 spiro atoms. The van der Waals surface area contributed by atoms with Gasteiger partial charge in [-0.2, -0.15) is 4.98 Å². The van der Waals surface area contributed by atoms with Crippen molar-refractivity contribution in [2.24, 2.45) is 5.92 Å². The highest BCUT2D eigenvalue weighted by Gasteiger charge is 2.47. The van der Waals surface area contributed by atoms with Crippen molar-refractivity contribution in [2.45, 2.75) is 45.7 Å². The fourth-order valence-electron chi connectivity index (χ4n) is 4.73. The van der Waals surface area contributed by atoms with Crippen molar-refractivity contribution in [1.29, 1.82) is 0 Å². The van der Waals surface area contributed by atoms with Gasteiger partial charge in [0.1, 0.15) is 6.26 Å². The molecule has 0 unspecified atom stereocenters. The van der Waals surface area contributed by atoms with E-state index < -0.39 is 0 Å². The topological polar surface area (TPSA) is 126 Å². The minimum Gasteiger partial charge on any atom is -0.363 e. The second-order valence-electron chi connectivity index (χ2n) is 9.01. The fraction of sp³-hybridized carbons (Fsp3) is 0.346. The third-order valence-corrected chi connectivity index (χ3v) is 6.75. The Morgan fingerprint density at radius 3 is 2.81 bits per heavy atom. The highest BCUT2D eigenvalue weighted by Crippen LogP contribution is 2.46. The highest BCUT2D eigenvalue weighted by atomic mass is 16.5. The number of allylic oxidation sites excluding steroid dienone is 3. The van der Waals surface area contributed by atoms with Gasteiger partial charge in [-0.1, -0.05) is 41.2 Å². The molecule has 2 atom stereocenters. The van der Waals surface area contributed by atoms with E-state index in [1.807, 2.05) is 25.1 Å². The van der Waals surface area contributed by atoms with Crippen LogP contribution in [-0.4, -0.2) is 38.7 Å². The van der Waals surface area contributed by atoms with Crippen molar-refractivity contribution in [3.8, 4) is 0 Å². The van der Waals surface area contributed by atoms with Crippen LogP contribution in [0.3, 0.4) is 0 Å². The first-order valence-corrected chi connectivity index (χ1v) is 12.0. The monoisotopic (exact) mass is 488 g/mol. The summed E-state index contributed by atoms with van der Waals surface area (Å²) in [6.07, 6.45) is 6.66. The quantitative estimate of drug-likeness (QED) is 0.482. The number of carbonyl (C=O) groups is 2. The number of anilines is 1. The first-order valence-electron chi connectivity index (χ1n) is 12.0. The number of aryl methyl sites for hydroxylation is 1. The Morgan fingerprint density at radius 2 is 2.11 bits per heavy atom. The van der Waals surface area contributed by atoms with Gasteiger partial charge >= 0.3 is 6.03 Å². The van der Waals surface area contributed by atoms with Crippen LogP contribution in [-0.2, 0) is 24.3 Å². The predicted molar refractivity (Wildman–Crippen MR) is 132 cm³/mol. The minimum atomic E-state index is -0.249. The zero-order valence-corrected chi connectivity index (χ0v) is 20.3. The average molecular weight is 489 g/mol. The van der Waals surface area contributed by atoms with Crippen LogP contribution in [0.4, 0.5) is 10.6 Å². The maximum absolute atomic E-state index is 12.9. The van der Waals surface area contributed by atoms with E-state index in [4.69, 9.17) is 9.05 Å². The first-order chi connectivity index (χ1) is 17.5. The summed E-state index contributed by atoms with van der Waals surface area (Å²) in [6.45, 7) is 9.03. The lowest BCUT2D eigenvalue weighted by molar-refractivity contribution is -0.122. The Bertz CT molecular complexity index is 1330. The fourth-order valence-corrected chi connectivity index (χ4v) is 4.73. The molecule has 3 heterocycles. The maximum Gasteiger partial charge on any atom is 0.323 e. The average Bonchev–Trinajstić information content (AvgIpc) is 3.29. The molecular formula is C26H28N6O4. The lowest BCUT2D eigenvalue weighted by atomic mass is 9.87. The van der Waals surface area contributed by atoms with Crippen LogP contribution in [0.1, 0.15) is 53.2 Å². The number of carbonyl (C=O) groups excluding carboxylic acids is 2. The summed E-state index contributed by atoms with van der Waals surface area (Å²) >= 11 is 0. The third-order valence-electron chi connectivity index (χ3n) is 6.75. The Hall–Kier alpha value is -4.21. The van der Waals surface area contributed by atoms with E-state index in [1.165, 1.54) is 11.8 Å². The number of hydrogen-bond acceptors (Lipinski definition) is 7. The molecular weight excluding hydrogens is 460 g/mol. The summed E-state index contributed by atoms with van der Waals surface area (Å²) in [6, 6.07) is 5.44. The molecule has 1 saturated carbocycles. The van der Waals surface area contributed by atoms with Crippen LogP contribution in [0, 0.1) is 12.8 Å². The number of rotatable bonds is 7. The van der Waals surface area contributed by atoms with Gasteiger partial charge in [0.05, 0.1) is 11.8 Å². The van der Waals surface area contributed by atoms with Gasteiger partial charge in [-0.15, -0.1) is 0 Å². The van der Waals surface area contributed by atoms with E-state index in [1.54, 1.807) is 17.9 Å². The summed E-state index contributed by atoms with van der Waals surface area (Å²) in [5.41, 5.74) is 5.33. The summed E-state index contributed by atoms with van der Waals surface area (Å²) in [5.74, 6) is 1.23. The first kappa shape index (κ1) is 23.5. The zero-order valence-electron chi connectivity index (χ0n) is 20.3. The minimum absolute atomic E-state index is 0.0250. The second-order valence-corrected chi connectivity index (χ2v) is 9.01. The van der Waals surface area contributed by atoms with Crippen LogP contribution >= 0.6 is 0 Å². The number of benzene rings is 1. The smallest absolute Gasteiger partial charge is 0.323 e. The molecule has 1 aliphatic heterocycles. The van der Waals surface area contributed by atoms with Crippen molar-refractivity contribution in [3.05, 3.63) is 77.2 Å². The summed E-state index contributed by atoms with van der Waals surface area (Å²) in [4.78, 5) is 31.7. The van der Waals surface area contributed by atoms with E-state index in [0.717, 1.165) is 22.3 Å². The summed E-state index contributed by atoms with van der Waals surface area (Å²) in [5, 5.41) is 13.4. The Morgan fingerprint density at radius 1 is 1.25 bits per heavy atom. The molecule has 1 aliphatic carbocycles. The van der Waals surface area contributed by atoms with E-state index in [9.17, 15) is 9.59 Å². The van der Waals surface area contributed by atoms with E-state index in [0.29, 0.717) is 50.0 Å². The highest BCUT2D eigenvalue weighted by molar-refractivity contribution is 5.88. The van der Waals surface area contributed by atoms with Crippen LogP contribution in [0.2, 0.25) is 0 Å². The zero-order chi connectivity index (χ0) is 25.2. The molecule has 0 bridgehead atoms. The van der Waals surface area contributed by atoms with Gasteiger partial charge < -0.3 is 19.3 Å². The molecule has 3 aromatic rings. The van der Waals surface area contributed by atoms with Gasteiger partial charge in [0.15, 0.2) is 11.6 Å². The Balaban J connectivity index is 1.33. The van der Waals surface area contributed by atoms with Gasteiger partial charge in [0.25, 0.3) is 0 Å². The maximum atomic E-state index is 12.9. The molecule has 36 heavy (non-hydrogen) atoms. The van der Waals surface area contributed by atoms with Crippen molar-refractivity contribution < 1.29 is 18.6 Å². The van der Waals surface area contributed by atoms with Crippen LogP contribution in [0.15, 0.2) is 52.2 Å². The molecule has 1 fully saturated rings. The van der Waals surface area contributed by atoms with Crippen LogP contribution in [0.5, 0.6) is 0 Å². The van der Waals surface area contributed by atoms with Gasteiger partial charge in [0, 0.05) is 25.7 Å². The molecule has 10 nitrogen and oxygen atoms in total. The number of fused-ring (bicyclic) bond motifs is 1. The van der Waals surface area contributed by atoms with E-state index in [-0.39, 0.29) is 23.8 Å². The SMILES string of the molecule is C=C/C(=C\C)c1ccc(CNC(=O)[C@@H]2C[C@H]2c2nc(C)no2)c2c1CCN(C(=O)Nc1ccon1)C2. The number of urea groups is 1. The number of amides is 3. The lowest BCUT2D eigenvalue weighted by Gasteiger charge is -2.32. The van der Waals surface area contributed by atoms with Crippen molar-refractivity contribution >= 4 is 23.3 Å². The van der Waals surface area contributed by atoms with Crippen molar-refractivity contribution in [2.75, 3.05) is 11.9 Å². The Kier molecular flexibility index (Phi) is 6.41. The second kappa shape index (κ2) is 9.80. The van der Waals surface area contributed by atoms with Gasteiger partial charge in [-0.3, -0.25) is 10.1 Å². The predicted octanol–water partition coefficient (Wildman–Crippen LogP) is 3.97. The molecule has 3 amide bonds. The van der Waals surface area contributed by atoms with Crippen molar-refractivity contribution in [3.63, 3.8) is 0 Å². The summed E-state index contributed by atoms with van der Waals surface area (Å²) < 4.78 is 10.0.